The standard InChI is InChI=1S/C16H22N2O2S/c1-12(2)9-15(17)16(19)18(10-13-5-3-7-20-13)11-14-6-4-8-21-14/h3-8,12,15H,9-11,17H2,1-2H3. The average Bonchev–Trinajstić information content (AvgIpc) is 3.09. The summed E-state index contributed by atoms with van der Waals surface area (Å²) in [4.78, 5) is 15.5. The number of carbonyl (C=O) groups excluding carboxylic acids is 1. The fourth-order valence-electron chi connectivity index (χ4n) is 2.24. The average molecular weight is 306 g/mol. The Labute approximate surface area is 129 Å². The molecule has 5 heteroatoms. The Morgan fingerprint density at radius 1 is 1.33 bits per heavy atom. The number of furan rings is 1. The summed E-state index contributed by atoms with van der Waals surface area (Å²) in [6.07, 6.45) is 2.31. The van der Waals surface area contributed by atoms with Crippen LogP contribution >= 0.6 is 11.3 Å². The zero-order valence-electron chi connectivity index (χ0n) is 12.5. The molecule has 1 unspecified atom stereocenters. The number of hydrogen-bond acceptors (Lipinski definition) is 4. The quantitative estimate of drug-likeness (QED) is 0.854. The van der Waals surface area contributed by atoms with Crippen LogP contribution in [0.2, 0.25) is 0 Å². The third-order valence-corrected chi connectivity index (χ3v) is 4.07. The van der Waals surface area contributed by atoms with E-state index in [-0.39, 0.29) is 5.91 Å². The van der Waals surface area contributed by atoms with Gasteiger partial charge in [0.05, 0.1) is 25.4 Å². The molecule has 1 atom stereocenters. The van der Waals surface area contributed by atoms with E-state index in [1.807, 2.05) is 29.6 Å². The predicted molar refractivity (Wildman–Crippen MR) is 84.7 cm³/mol. The zero-order chi connectivity index (χ0) is 15.2. The maximum absolute atomic E-state index is 12.6. The molecular weight excluding hydrogens is 284 g/mol. The zero-order valence-corrected chi connectivity index (χ0v) is 13.3. The highest BCUT2D eigenvalue weighted by Crippen LogP contribution is 2.17. The summed E-state index contributed by atoms with van der Waals surface area (Å²) >= 11 is 1.64. The lowest BCUT2D eigenvalue weighted by Gasteiger charge is -2.25. The molecule has 114 valence electrons. The minimum Gasteiger partial charge on any atom is -0.467 e. The van der Waals surface area contributed by atoms with Gasteiger partial charge in [0.2, 0.25) is 5.91 Å². The van der Waals surface area contributed by atoms with Gasteiger partial charge in [0.25, 0.3) is 0 Å². The van der Waals surface area contributed by atoms with Gasteiger partial charge in [-0.1, -0.05) is 19.9 Å². The molecule has 1 amide bonds. The van der Waals surface area contributed by atoms with E-state index in [0.29, 0.717) is 25.4 Å². The summed E-state index contributed by atoms with van der Waals surface area (Å²) in [5.41, 5.74) is 6.06. The Morgan fingerprint density at radius 3 is 2.71 bits per heavy atom. The van der Waals surface area contributed by atoms with Gasteiger partial charge in [-0.3, -0.25) is 4.79 Å². The van der Waals surface area contributed by atoms with E-state index in [4.69, 9.17) is 10.2 Å². The van der Waals surface area contributed by atoms with Crippen LogP contribution in [0.5, 0.6) is 0 Å². The highest BCUT2D eigenvalue weighted by molar-refractivity contribution is 7.09. The first kappa shape index (κ1) is 15.8. The van der Waals surface area contributed by atoms with Crippen molar-refractivity contribution in [3.05, 3.63) is 46.5 Å². The minimum atomic E-state index is -0.458. The summed E-state index contributed by atoms with van der Waals surface area (Å²) in [6, 6.07) is 7.27. The summed E-state index contributed by atoms with van der Waals surface area (Å²) in [5, 5.41) is 2.01. The Morgan fingerprint density at radius 2 is 2.14 bits per heavy atom. The van der Waals surface area contributed by atoms with Gasteiger partial charge in [-0.2, -0.15) is 0 Å². The molecule has 2 rings (SSSR count). The molecular formula is C16H22N2O2S. The van der Waals surface area contributed by atoms with E-state index < -0.39 is 6.04 Å². The summed E-state index contributed by atoms with van der Waals surface area (Å²) in [7, 11) is 0. The maximum Gasteiger partial charge on any atom is 0.240 e. The van der Waals surface area contributed by atoms with Crippen molar-refractivity contribution in [2.24, 2.45) is 11.7 Å². The number of carbonyl (C=O) groups is 1. The SMILES string of the molecule is CC(C)CC(N)C(=O)N(Cc1ccco1)Cc1cccs1. The first-order valence-corrected chi connectivity index (χ1v) is 8.03. The first-order chi connectivity index (χ1) is 10.1. The monoisotopic (exact) mass is 306 g/mol. The van der Waals surface area contributed by atoms with E-state index in [2.05, 4.69) is 13.8 Å². The summed E-state index contributed by atoms with van der Waals surface area (Å²) in [5.74, 6) is 1.15. The molecule has 0 saturated heterocycles. The molecule has 0 spiro atoms. The van der Waals surface area contributed by atoms with Crippen molar-refractivity contribution in [1.29, 1.82) is 0 Å². The van der Waals surface area contributed by atoms with Crippen LogP contribution in [0.4, 0.5) is 0 Å². The molecule has 0 fully saturated rings. The van der Waals surface area contributed by atoms with Crippen molar-refractivity contribution >= 4 is 17.2 Å². The molecule has 0 aliphatic heterocycles. The molecule has 0 aliphatic rings. The van der Waals surface area contributed by atoms with Gasteiger partial charge >= 0.3 is 0 Å². The van der Waals surface area contributed by atoms with E-state index >= 15 is 0 Å². The molecule has 0 aromatic carbocycles. The fraction of sp³-hybridized carbons (Fsp3) is 0.438. The largest absolute Gasteiger partial charge is 0.467 e. The Kier molecular flexibility index (Phi) is 5.59. The van der Waals surface area contributed by atoms with Gasteiger partial charge in [-0.05, 0) is 35.9 Å². The molecule has 0 radical (unpaired) electrons. The fourth-order valence-corrected chi connectivity index (χ4v) is 2.96. The number of rotatable bonds is 7. The molecule has 4 nitrogen and oxygen atoms in total. The van der Waals surface area contributed by atoms with Crippen molar-refractivity contribution in [2.45, 2.75) is 39.4 Å². The van der Waals surface area contributed by atoms with Crippen molar-refractivity contribution < 1.29 is 9.21 Å². The van der Waals surface area contributed by atoms with Crippen molar-refractivity contribution in [3.63, 3.8) is 0 Å². The van der Waals surface area contributed by atoms with Crippen LogP contribution in [-0.2, 0) is 17.9 Å². The number of nitrogens with zero attached hydrogens (tertiary/aromatic N) is 1. The van der Waals surface area contributed by atoms with E-state index in [9.17, 15) is 4.79 Å². The highest BCUT2D eigenvalue weighted by atomic mass is 32.1. The number of hydrogen-bond donors (Lipinski definition) is 1. The minimum absolute atomic E-state index is 0.0199. The second-order valence-corrected chi connectivity index (χ2v) is 6.62. The molecule has 2 N–H and O–H groups in total. The normalized spacial score (nSPS) is 12.6. The van der Waals surface area contributed by atoms with Gasteiger partial charge in [0.1, 0.15) is 5.76 Å². The van der Waals surface area contributed by atoms with E-state index in [1.165, 1.54) is 0 Å². The van der Waals surface area contributed by atoms with Gasteiger partial charge in [-0.25, -0.2) is 0 Å². The van der Waals surface area contributed by atoms with Crippen molar-refractivity contribution in [3.8, 4) is 0 Å². The van der Waals surface area contributed by atoms with Crippen molar-refractivity contribution in [2.75, 3.05) is 0 Å². The van der Waals surface area contributed by atoms with E-state index in [1.54, 1.807) is 22.5 Å². The molecule has 0 saturated carbocycles. The Balaban J connectivity index is 2.08. The lowest BCUT2D eigenvalue weighted by molar-refractivity contribution is -0.134. The third kappa shape index (κ3) is 4.72. The third-order valence-electron chi connectivity index (χ3n) is 3.21. The van der Waals surface area contributed by atoms with Crippen LogP contribution in [0, 0.1) is 5.92 Å². The Hall–Kier alpha value is -1.59. The van der Waals surface area contributed by atoms with Crippen LogP contribution in [-0.4, -0.2) is 16.8 Å². The predicted octanol–water partition coefficient (Wildman–Crippen LogP) is 3.24. The smallest absolute Gasteiger partial charge is 0.240 e. The number of nitrogens with two attached hydrogens (primary N) is 1. The van der Waals surface area contributed by atoms with Crippen LogP contribution in [0.15, 0.2) is 40.3 Å². The van der Waals surface area contributed by atoms with E-state index in [0.717, 1.165) is 10.6 Å². The second-order valence-electron chi connectivity index (χ2n) is 5.59. The molecule has 2 heterocycles. The molecule has 0 aliphatic carbocycles. The molecule has 21 heavy (non-hydrogen) atoms. The lowest BCUT2D eigenvalue weighted by Crippen LogP contribution is -2.43. The topological polar surface area (TPSA) is 59.5 Å². The van der Waals surface area contributed by atoms with Crippen LogP contribution < -0.4 is 5.73 Å². The molecule has 2 aromatic rings. The maximum atomic E-state index is 12.6. The first-order valence-electron chi connectivity index (χ1n) is 7.15. The van der Waals surface area contributed by atoms with Gasteiger partial charge in [0.15, 0.2) is 0 Å². The van der Waals surface area contributed by atoms with Gasteiger partial charge in [0, 0.05) is 4.88 Å². The van der Waals surface area contributed by atoms with Gasteiger partial charge in [-0.15, -0.1) is 11.3 Å². The van der Waals surface area contributed by atoms with Crippen LogP contribution in [0.3, 0.4) is 0 Å². The lowest BCUT2D eigenvalue weighted by atomic mass is 10.0. The molecule has 2 aromatic heterocycles. The van der Waals surface area contributed by atoms with Crippen LogP contribution in [0.25, 0.3) is 0 Å². The highest BCUT2D eigenvalue weighted by Gasteiger charge is 2.23. The summed E-state index contributed by atoms with van der Waals surface area (Å²) in [6.45, 7) is 5.17. The number of thiophene rings is 1. The van der Waals surface area contributed by atoms with Gasteiger partial charge < -0.3 is 15.1 Å². The second kappa shape index (κ2) is 7.43. The van der Waals surface area contributed by atoms with Crippen LogP contribution in [0.1, 0.15) is 30.9 Å². The Bertz CT molecular complexity index is 498. The number of amides is 1. The summed E-state index contributed by atoms with van der Waals surface area (Å²) < 4.78 is 5.36. The molecule has 0 bridgehead atoms. The van der Waals surface area contributed by atoms with Crippen molar-refractivity contribution in [1.82, 2.24) is 4.90 Å².